The molecule has 0 spiro atoms. The minimum absolute atomic E-state index is 0.0534. The van der Waals surface area contributed by atoms with Gasteiger partial charge in [0.2, 0.25) is 11.8 Å². The third kappa shape index (κ3) is 7.25. The predicted molar refractivity (Wildman–Crippen MR) is 170 cm³/mol. The van der Waals surface area contributed by atoms with Gasteiger partial charge in [-0.2, -0.15) is 10.2 Å². The lowest BCUT2D eigenvalue weighted by Crippen LogP contribution is -2.41. The van der Waals surface area contributed by atoms with Crippen molar-refractivity contribution in [2.45, 2.75) is 32.4 Å². The Balaban J connectivity index is 1.13. The van der Waals surface area contributed by atoms with Crippen LogP contribution < -0.4 is 27.4 Å². The van der Waals surface area contributed by atoms with E-state index in [0.29, 0.717) is 49.9 Å². The number of amides is 2. The number of aryl methyl sites for hydroxylation is 1. The van der Waals surface area contributed by atoms with E-state index in [1.807, 2.05) is 6.92 Å². The van der Waals surface area contributed by atoms with Gasteiger partial charge in [-0.3, -0.25) is 9.59 Å². The molecule has 45 heavy (non-hydrogen) atoms. The van der Waals surface area contributed by atoms with Crippen molar-refractivity contribution in [3.05, 3.63) is 69.1 Å². The molecule has 0 bridgehead atoms. The van der Waals surface area contributed by atoms with Gasteiger partial charge < -0.3 is 32.5 Å². The summed E-state index contributed by atoms with van der Waals surface area (Å²) in [4.78, 5) is 46.0. The number of anilines is 3. The van der Waals surface area contributed by atoms with Gasteiger partial charge in [-0.25, -0.2) is 9.78 Å². The van der Waals surface area contributed by atoms with E-state index < -0.39 is 17.9 Å². The molecule has 0 saturated heterocycles. The van der Waals surface area contributed by atoms with E-state index in [0.717, 1.165) is 22.5 Å². The fraction of sp³-hybridized carbons (Fsp3) is 0.214. The molecule has 0 fully saturated rings. The highest BCUT2D eigenvalue weighted by Gasteiger charge is 2.22. The van der Waals surface area contributed by atoms with E-state index in [1.165, 1.54) is 0 Å². The number of rotatable bonds is 12. The Morgan fingerprint density at radius 3 is 2.67 bits per heavy atom. The van der Waals surface area contributed by atoms with Crippen molar-refractivity contribution in [3.63, 3.8) is 0 Å². The van der Waals surface area contributed by atoms with Gasteiger partial charge >= 0.3 is 5.97 Å². The molecular formula is C28H28ClN11O4S. The fourth-order valence-electron chi connectivity index (χ4n) is 4.55. The van der Waals surface area contributed by atoms with Crippen molar-refractivity contribution in [2.24, 2.45) is 0 Å². The van der Waals surface area contributed by atoms with Gasteiger partial charge in [0.1, 0.15) is 11.9 Å². The first kappa shape index (κ1) is 31.1. The molecule has 1 atom stereocenters. The predicted octanol–water partition coefficient (Wildman–Crippen LogP) is 3.00. The summed E-state index contributed by atoms with van der Waals surface area (Å²) in [7, 11) is 0. The van der Waals surface area contributed by atoms with Crippen molar-refractivity contribution < 1.29 is 19.5 Å². The number of carbonyl (C=O) groups is 3. The van der Waals surface area contributed by atoms with Crippen LogP contribution in [0.4, 0.5) is 16.8 Å². The van der Waals surface area contributed by atoms with Gasteiger partial charge in [-0.05, 0) is 60.9 Å². The van der Waals surface area contributed by atoms with E-state index in [2.05, 4.69) is 46.5 Å². The smallest absolute Gasteiger partial charge is 0.326 e. The SMILES string of the molecule is Cc1ccc(C(=O)NCCC[C@H](NC(=O)c2ccc(NCc3ccc4nc(N)nc(N)c4c3Cl)s2)C(=O)O)c(-c2nn[nH]n2)c1. The van der Waals surface area contributed by atoms with Crippen LogP contribution in [0, 0.1) is 6.92 Å². The number of nitrogen functional groups attached to an aromatic ring is 2. The molecule has 17 heteroatoms. The second-order valence-corrected chi connectivity index (χ2v) is 11.4. The standard InChI is InChI=1S/C28H28ClN11O4S/c1-13-4-6-15(16(11-13)24-37-39-40-38-24)25(41)32-10-2-3-18(27(43)44)34-26(42)19-8-9-20(45-19)33-12-14-5-7-17-21(22(14)29)23(30)36-28(31)35-17/h4-9,11,18,33H,2-3,10,12H2,1H3,(H,32,41)(H,34,42)(H,43,44)(H4,30,31,35,36)(H,37,38,39,40)/t18-/m0/s1. The molecule has 0 aliphatic heterocycles. The van der Waals surface area contributed by atoms with Crippen LogP contribution in [0.5, 0.6) is 0 Å². The van der Waals surface area contributed by atoms with Crippen LogP contribution in [0.15, 0.2) is 42.5 Å². The molecular weight excluding hydrogens is 622 g/mol. The molecule has 0 aliphatic rings. The Hall–Kier alpha value is -5.35. The molecule has 5 aromatic rings. The molecule has 2 amide bonds. The monoisotopic (exact) mass is 649 g/mol. The molecule has 9 N–H and O–H groups in total. The van der Waals surface area contributed by atoms with E-state index in [4.69, 9.17) is 23.1 Å². The molecule has 5 rings (SSSR count). The van der Waals surface area contributed by atoms with Crippen LogP contribution in [0.3, 0.4) is 0 Å². The Labute approximate surface area is 264 Å². The molecule has 0 radical (unpaired) electrons. The van der Waals surface area contributed by atoms with Crippen LogP contribution in [-0.2, 0) is 11.3 Å². The summed E-state index contributed by atoms with van der Waals surface area (Å²) in [6.07, 6.45) is 0.403. The van der Waals surface area contributed by atoms with Crippen LogP contribution in [-0.4, -0.2) is 66.1 Å². The maximum Gasteiger partial charge on any atom is 0.326 e. The maximum atomic E-state index is 12.9. The summed E-state index contributed by atoms with van der Waals surface area (Å²) in [6, 6.07) is 10.9. The normalized spacial score (nSPS) is 11.7. The first-order valence-electron chi connectivity index (χ1n) is 13.6. The Kier molecular flexibility index (Phi) is 9.34. The molecule has 3 heterocycles. The number of H-pyrrole nitrogens is 1. The molecule has 15 nitrogen and oxygen atoms in total. The highest BCUT2D eigenvalue weighted by atomic mass is 35.5. The maximum absolute atomic E-state index is 12.9. The van der Waals surface area contributed by atoms with Crippen LogP contribution in [0.1, 0.15) is 44.0 Å². The van der Waals surface area contributed by atoms with Crippen LogP contribution in [0.25, 0.3) is 22.3 Å². The van der Waals surface area contributed by atoms with Crippen molar-refractivity contribution >= 4 is 68.4 Å². The number of carbonyl (C=O) groups excluding carboxylic acids is 2. The van der Waals surface area contributed by atoms with E-state index in [-0.39, 0.29) is 36.5 Å². The van der Waals surface area contributed by atoms with Gasteiger partial charge in [-0.1, -0.05) is 29.3 Å². The first-order valence-corrected chi connectivity index (χ1v) is 14.8. The van der Waals surface area contributed by atoms with Gasteiger partial charge in [-0.15, -0.1) is 21.5 Å². The summed E-state index contributed by atoms with van der Waals surface area (Å²) in [5.41, 5.74) is 14.7. The Morgan fingerprint density at radius 2 is 1.91 bits per heavy atom. The quantitative estimate of drug-likeness (QED) is 0.0965. The number of nitrogens with one attached hydrogen (secondary N) is 4. The number of aliphatic carboxylic acids is 1. The van der Waals surface area contributed by atoms with Crippen LogP contribution in [0.2, 0.25) is 5.02 Å². The largest absolute Gasteiger partial charge is 0.480 e. The Bertz CT molecular complexity index is 1880. The zero-order valence-electron chi connectivity index (χ0n) is 23.8. The average Bonchev–Trinajstić information content (AvgIpc) is 3.71. The number of halogens is 1. The van der Waals surface area contributed by atoms with Gasteiger partial charge in [0, 0.05) is 18.7 Å². The van der Waals surface area contributed by atoms with Gasteiger partial charge in [0.15, 0.2) is 0 Å². The van der Waals surface area contributed by atoms with Crippen molar-refractivity contribution in [3.8, 4) is 11.4 Å². The van der Waals surface area contributed by atoms with Crippen molar-refractivity contribution in [1.29, 1.82) is 0 Å². The topological polar surface area (TPSA) is 240 Å². The second-order valence-electron chi connectivity index (χ2n) is 9.96. The number of fused-ring (bicyclic) bond motifs is 1. The van der Waals surface area contributed by atoms with E-state index >= 15 is 0 Å². The minimum Gasteiger partial charge on any atom is -0.480 e. The first-order chi connectivity index (χ1) is 21.6. The van der Waals surface area contributed by atoms with Crippen LogP contribution >= 0.6 is 22.9 Å². The van der Waals surface area contributed by atoms with E-state index in [9.17, 15) is 19.5 Å². The summed E-state index contributed by atoms with van der Waals surface area (Å²) < 4.78 is 0. The zero-order chi connectivity index (χ0) is 32.1. The second kappa shape index (κ2) is 13.5. The molecule has 0 unspecified atom stereocenters. The summed E-state index contributed by atoms with van der Waals surface area (Å²) in [5.74, 6) is -1.56. The highest BCUT2D eigenvalue weighted by molar-refractivity contribution is 7.17. The third-order valence-corrected chi connectivity index (χ3v) is 8.25. The number of benzene rings is 2. The number of aromatic amines is 1. The lowest BCUT2D eigenvalue weighted by molar-refractivity contribution is -0.139. The fourth-order valence-corrected chi connectivity index (χ4v) is 5.68. The number of carboxylic acids is 1. The zero-order valence-corrected chi connectivity index (χ0v) is 25.4. The summed E-state index contributed by atoms with van der Waals surface area (Å²) >= 11 is 7.71. The Morgan fingerprint density at radius 1 is 1.09 bits per heavy atom. The molecule has 3 aromatic heterocycles. The number of thiophene rings is 1. The number of tetrazole rings is 1. The number of nitrogens with two attached hydrogens (primary N) is 2. The summed E-state index contributed by atoms with van der Waals surface area (Å²) in [5, 5.41) is 33.6. The third-order valence-electron chi connectivity index (χ3n) is 6.77. The highest BCUT2D eigenvalue weighted by Crippen LogP contribution is 2.31. The van der Waals surface area contributed by atoms with Gasteiger partial charge in [0.25, 0.3) is 11.8 Å². The van der Waals surface area contributed by atoms with E-state index in [1.54, 1.807) is 42.5 Å². The molecule has 232 valence electrons. The van der Waals surface area contributed by atoms with Crippen molar-refractivity contribution in [2.75, 3.05) is 23.3 Å². The number of nitrogens with zero attached hydrogens (tertiary/aromatic N) is 5. The number of hydrogen-bond donors (Lipinski definition) is 7. The number of hydrogen-bond acceptors (Lipinski definition) is 12. The lowest BCUT2D eigenvalue weighted by Gasteiger charge is -2.14. The molecule has 2 aromatic carbocycles. The van der Waals surface area contributed by atoms with Crippen molar-refractivity contribution in [1.82, 2.24) is 41.2 Å². The van der Waals surface area contributed by atoms with Gasteiger partial charge in [0.05, 0.1) is 31.4 Å². The minimum atomic E-state index is -1.18. The number of carboxylic acid groups (broad SMARTS) is 1. The molecule has 0 aliphatic carbocycles. The number of aromatic nitrogens is 6. The molecule has 0 saturated carbocycles. The average molecular weight is 650 g/mol. The summed E-state index contributed by atoms with van der Waals surface area (Å²) in [6.45, 7) is 2.39. The lowest BCUT2D eigenvalue weighted by atomic mass is 10.0.